The van der Waals surface area contributed by atoms with E-state index in [-0.39, 0.29) is 6.04 Å². The number of sulfonamides is 1. The first-order valence-corrected chi connectivity index (χ1v) is 8.25. The number of aryl methyl sites for hydroxylation is 1. The molecule has 0 aromatic heterocycles. The zero-order valence-electron chi connectivity index (χ0n) is 11.7. The molecule has 1 aliphatic carbocycles. The summed E-state index contributed by atoms with van der Waals surface area (Å²) >= 11 is 0. The average molecular weight is 282 g/mol. The molecule has 2 N–H and O–H groups in total. The van der Waals surface area contributed by atoms with Crippen LogP contribution in [0.2, 0.25) is 0 Å². The quantitative estimate of drug-likeness (QED) is 0.836. The van der Waals surface area contributed by atoms with Gasteiger partial charge in [-0.25, -0.2) is 13.1 Å². The molecule has 1 saturated carbocycles. The number of nitrogens with one attached hydrogen (secondary N) is 2. The second kappa shape index (κ2) is 5.61. The fourth-order valence-electron chi connectivity index (χ4n) is 2.06. The van der Waals surface area contributed by atoms with E-state index in [9.17, 15) is 8.42 Å². The predicted octanol–water partition coefficient (Wildman–Crippen LogP) is 1.79. The van der Waals surface area contributed by atoms with Crippen molar-refractivity contribution in [2.45, 2.75) is 44.7 Å². The Morgan fingerprint density at radius 2 is 2.05 bits per heavy atom. The van der Waals surface area contributed by atoms with Crippen LogP contribution in [0.25, 0.3) is 0 Å². The lowest BCUT2D eigenvalue weighted by Crippen LogP contribution is -2.27. The summed E-state index contributed by atoms with van der Waals surface area (Å²) in [6.07, 6.45) is 0.940. The molecule has 4 nitrogen and oxygen atoms in total. The van der Waals surface area contributed by atoms with Gasteiger partial charge in [0.1, 0.15) is 0 Å². The Balaban J connectivity index is 2.21. The molecule has 5 heteroatoms. The van der Waals surface area contributed by atoms with Crippen LogP contribution in [-0.4, -0.2) is 21.0 Å². The molecule has 0 heterocycles. The maximum atomic E-state index is 12.3. The highest BCUT2D eigenvalue weighted by Gasteiger charge is 2.36. The minimum atomic E-state index is -3.39. The molecular weight excluding hydrogens is 260 g/mol. The lowest BCUT2D eigenvalue weighted by atomic mass is 10.1. The highest BCUT2D eigenvalue weighted by Crippen LogP contribution is 2.31. The third-order valence-electron chi connectivity index (χ3n) is 3.54. The fraction of sp³-hybridized carbons (Fsp3) is 0.571. The van der Waals surface area contributed by atoms with Crippen LogP contribution in [0.5, 0.6) is 0 Å². The molecule has 2 rings (SSSR count). The van der Waals surface area contributed by atoms with Crippen LogP contribution in [0.3, 0.4) is 0 Å². The molecule has 0 radical (unpaired) electrons. The normalized spacial score (nSPS) is 22.5. The molecule has 1 aromatic rings. The second-order valence-electron chi connectivity index (χ2n) is 5.32. The number of hydrogen-bond acceptors (Lipinski definition) is 3. The molecule has 0 saturated heterocycles. The molecule has 0 bridgehead atoms. The maximum Gasteiger partial charge on any atom is 0.241 e. The summed E-state index contributed by atoms with van der Waals surface area (Å²) in [4.78, 5) is 0.405. The summed E-state index contributed by atoms with van der Waals surface area (Å²) in [7, 11) is -3.39. The second-order valence-corrected chi connectivity index (χ2v) is 7.00. The van der Waals surface area contributed by atoms with Crippen LogP contribution in [-0.2, 0) is 16.6 Å². The van der Waals surface area contributed by atoms with Crippen molar-refractivity contribution in [3.63, 3.8) is 0 Å². The van der Waals surface area contributed by atoms with Gasteiger partial charge in [0.05, 0.1) is 4.90 Å². The van der Waals surface area contributed by atoms with Crippen LogP contribution >= 0.6 is 0 Å². The summed E-state index contributed by atoms with van der Waals surface area (Å²) < 4.78 is 27.5. The molecule has 1 aliphatic rings. The molecule has 0 aliphatic heterocycles. The topological polar surface area (TPSA) is 58.2 Å². The molecule has 0 amide bonds. The van der Waals surface area contributed by atoms with E-state index in [0.29, 0.717) is 17.4 Å². The van der Waals surface area contributed by atoms with Gasteiger partial charge in [-0.05, 0) is 43.0 Å². The number of rotatable bonds is 6. The Bertz CT molecular complexity index is 555. The van der Waals surface area contributed by atoms with E-state index in [1.54, 1.807) is 6.07 Å². The van der Waals surface area contributed by atoms with Crippen LogP contribution in [0.15, 0.2) is 23.1 Å². The molecule has 1 aromatic carbocycles. The monoisotopic (exact) mass is 282 g/mol. The van der Waals surface area contributed by atoms with Gasteiger partial charge in [0.2, 0.25) is 10.0 Å². The summed E-state index contributed by atoms with van der Waals surface area (Å²) in [6.45, 7) is 7.48. The average Bonchev–Trinajstić information content (AvgIpc) is 3.02. The number of hydrogen-bond donors (Lipinski definition) is 2. The van der Waals surface area contributed by atoms with E-state index in [0.717, 1.165) is 24.1 Å². The zero-order valence-corrected chi connectivity index (χ0v) is 12.5. The van der Waals surface area contributed by atoms with E-state index < -0.39 is 10.0 Å². The zero-order chi connectivity index (χ0) is 14.0. The van der Waals surface area contributed by atoms with Gasteiger partial charge < -0.3 is 5.32 Å². The minimum Gasteiger partial charge on any atom is -0.313 e. The maximum absolute atomic E-state index is 12.3. The van der Waals surface area contributed by atoms with E-state index in [4.69, 9.17) is 0 Å². The molecule has 1 fully saturated rings. The van der Waals surface area contributed by atoms with Crippen LogP contribution in [0.1, 0.15) is 31.4 Å². The Morgan fingerprint density at radius 1 is 1.37 bits per heavy atom. The first-order valence-electron chi connectivity index (χ1n) is 6.76. The first-order chi connectivity index (χ1) is 8.94. The molecular formula is C14H22N2O2S. The molecule has 19 heavy (non-hydrogen) atoms. The van der Waals surface area contributed by atoms with Gasteiger partial charge in [0, 0.05) is 12.6 Å². The van der Waals surface area contributed by atoms with E-state index in [2.05, 4.69) is 17.0 Å². The summed E-state index contributed by atoms with van der Waals surface area (Å²) in [5, 5.41) is 3.21. The van der Waals surface area contributed by atoms with E-state index in [1.807, 2.05) is 26.0 Å². The Morgan fingerprint density at radius 3 is 2.63 bits per heavy atom. The van der Waals surface area contributed by atoms with Crippen molar-refractivity contribution in [2.75, 3.05) is 6.54 Å². The largest absolute Gasteiger partial charge is 0.313 e. The summed E-state index contributed by atoms with van der Waals surface area (Å²) in [5.74, 6) is 0.458. The Hall–Kier alpha value is -0.910. The highest BCUT2D eigenvalue weighted by atomic mass is 32.2. The van der Waals surface area contributed by atoms with Crippen LogP contribution < -0.4 is 10.0 Å². The van der Waals surface area contributed by atoms with Gasteiger partial charge in [0.25, 0.3) is 0 Å². The van der Waals surface area contributed by atoms with E-state index in [1.165, 1.54) is 0 Å². The third kappa shape index (κ3) is 3.55. The SMILES string of the molecule is CCNCc1ccc(C)c(S(=O)(=O)NC2CC2C)c1. The van der Waals surface area contributed by atoms with Crippen molar-refractivity contribution in [1.29, 1.82) is 0 Å². The lowest BCUT2D eigenvalue weighted by Gasteiger charge is -2.11. The number of benzene rings is 1. The summed E-state index contributed by atoms with van der Waals surface area (Å²) in [5.41, 5.74) is 1.79. The Kier molecular flexibility index (Phi) is 4.28. The highest BCUT2D eigenvalue weighted by molar-refractivity contribution is 7.89. The standard InChI is InChI=1S/C14H22N2O2S/c1-4-15-9-12-6-5-10(2)14(8-12)19(17,18)16-13-7-11(13)3/h5-6,8,11,13,15-16H,4,7,9H2,1-3H3. The van der Waals surface area contributed by atoms with Gasteiger partial charge in [-0.2, -0.15) is 0 Å². The molecule has 2 atom stereocenters. The van der Waals surface area contributed by atoms with Gasteiger partial charge in [-0.3, -0.25) is 0 Å². The van der Waals surface area contributed by atoms with Crippen molar-refractivity contribution in [2.24, 2.45) is 5.92 Å². The minimum absolute atomic E-state index is 0.113. The van der Waals surface area contributed by atoms with Crippen molar-refractivity contribution in [1.82, 2.24) is 10.0 Å². The molecule has 0 spiro atoms. The van der Waals surface area contributed by atoms with Crippen molar-refractivity contribution in [3.8, 4) is 0 Å². The van der Waals surface area contributed by atoms with Gasteiger partial charge in [-0.15, -0.1) is 0 Å². The fourth-order valence-corrected chi connectivity index (χ4v) is 3.71. The smallest absolute Gasteiger partial charge is 0.241 e. The first kappa shape index (κ1) is 14.5. The third-order valence-corrected chi connectivity index (χ3v) is 5.17. The van der Waals surface area contributed by atoms with Gasteiger partial charge >= 0.3 is 0 Å². The van der Waals surface area contributed by atoms with Crippen molar-refractivity contribution >= 4 is 10.0 Å². The van der Waals surface area contributed by atoms with Crippen LogP contribution in [0, 0.1) is 12.8 Å². The van der Waals surface area contributed by atoms with Gasteiger partial charge in [-0.1, -0.05) is 26.0 Å². The Labute approximate surface area is 115 Å². The van der Waals surface area contributed by atoms with Gasteiger partial charge in [0.15, 0.2) is 0 Å². The van der Waals surface area contributed by atoms with Crippen molar-refractivity contribution in [3.05, 3.63) is 29.3 Å². The molecule has 2 unspecified atom stereocenters. The van der Waals surface area contributed by atoms with Crippen LogP contribution in [0.4, 0.5) is 0 Å². The van der Waals surface area contributed by atoms with Crippen molar-refractivity contribution < 1.29 is 8.42 Å². The lowest BCUT2D eigenvalue weighted by molar-refractivity contribution is 0.577. The summed E-state index contributed by atoms with van der Waals surface area (Å²) in [6, 6.07) is 5.73. The van der Waals surface area contributed by atoms with E-state index >= 15 is 0 Å². The predicted molar refractivity (Wildman–Crippen MR) is 76.5 cm³/mol. The molecule has 106 valence electrons.